The molecule has 1 N–H and O–H groups in total. The monoisotopic (exact) mass is 895 g/mol. The molecule has 0 fully saturated rings. The van der Waals surface area contributed by atoms with Crippen molar-refractivity contribution in [1.29, 1.82) is 0 Å². The standard InChI is InChI=1S/C29H27F3NO.C15H28O2.Ir/c1-27(2,3)16-22-20-9-7-6-8-18(20)14-21-25-24-19(10-11-33-25)12-17(13-23(24)34-26(21)22)15-28(4,5)29(30,31)32;1-6-12(7-2)13(16)11-14(17)15(8-3,9-4)10-5;/h6-13H,15-16H2,1-5H3;11-12,16H,6-10H2,1-5H3;/q-1;;/b;13-11-;. The van der Waals surface area contributed by atoms with Crippen LogP contribution in [-0.2, 0) is 37.7 Å². The van der Waals surface area contributed by atoms with E-state index in [0.717, 1.165) is 76.9 Å². The number of aromatic nitrogens is 1. The molecule has 1 aliphatic rings. The summed E-state index contributed by atoms with van der Waals surface area (Å²) in [6, 6.07) is 17.0. The number of rotatable bonds is 11. The van der Waals surface area contributed by atoms with E-state index in [1.54, 1.807) is 12.3 Å². The fraction of sp³-hybridized carbons (Fsp3) is 0.500. The molecule has 0 aliphatic carbocycles. The number of halogens is 3. The summed E-state index contributed by atoms with van der Waals surface area (Å²) in [6.45, 7) is 19.2. The largest absolute Gasteiger partial charge is 0.512 e. The van der Waals surface area contributed by atoms with E-state index in [4.69, 9.17) is 4.74 Å². The molecule has 3 aromatic carbocycles. The second kappa shape index (κ2) is 16.8. The van der Waals surface area contributed by atoms with Gasteiger partial charge < -0.3 is 9.84 Å². The summed E-state index contributed by atoms with van der Waals surface area (Å²) in [5.74, 6) is 1.74. The van der Waals surface area contributed by atoms with Gasteiger partial charge in [-0.3, -0.25) is 9.78 Å². The molecule has 0 amide bonds. The maximum Gasteiger partial charge on any atom is 0.394 e. The quantitative estimate of drug-likeness (QED) is 0.0815. The zero-order chi connectivity index (χ0) is 37.9. The summed E-state index contributed by atoms with van der Waals surface area (Å²) in [5, 5.41) is 13.7. The van der Waals surface area contributed by atoms with Gasteiger partial charge in [0.05, 0.1) is 16.9 Å². The van der Waals surface area contributed by atoms with Crippen LogP contribution in [0.15, 0.2) is 60.5 Å². The molecule has 52 heavy (non-hydrogen) atoms. The second-order valence-electron chi connectivity index (χ2n) is 15.9. The summed E-state index contributed by atoms with van der Waals surface area (Å²) in [6.07, 6.45) is 3.80. The Balaban J connectivity index is 0.000000347. The molecule has 0 unspecified atom stereocenters. The van der Waals surface area contributed by atoms with Gasteiger partial charge in [-0.25, -0.2) is 0 Å². The summed E-state index contributed by atoms with van der Waals surface area (Å²) >= 11 is 0. The fourth-order valence-corrected chi connectivity index (χ4v) is 7.12. The molecule has 1 aliphatic heterocycles. The minimum absolute atomic E-state index is 0. The number of benzene rings is 3. The summed E-state index contributed by atoms with van der Waals surface area (Å²) in [4.78, 5) is 16.9. The van der Waals surface area contributed by atoms with Gasteiger partial charge in [0.1, 0.15) is 5.75 Å². The maximum absolute atomic E-state index is 13.6. The predicted octanol–water partition coefficient (Wildman–Crippen LogP) is 13.3. The van der Waals surface area contributed by atoms with Crippen LogP contribution in [0, 0.1) is 28.2 Å². The van der Waals surface area contributed by atoms with Gasteiger partial charge in [-0.15, -0.1) is 17.5 Å². The van der Waals surface area contributed by atoms with Crippen molar-refractivity contribution in [3.05, 3.63) is 77.7 Å². The van der Waals surface area contributed by atoms with Crippen LogP contribution in [0.3, 0.4) is 0 Å². The average molecular weight is 895 g/mol. The van der Waals surface area contributed by atoms with E-state index in [0.29, 0.717) is 17.1 Å². The van der Waals surface area contributed by atoms with Gasteiger partial charge in [-0.1, -0.05) is 110 Å². The molecule has 5 rings (SSSR count). The number of ether oxygens (including phenoxy) is 1. The molecular weight excluding hydrogens is 840 g/mol. The van der Waals surface area contributed by atoms with Crippen molar-refractivity contribution >= 4 is 27.3 Å². The normalized spacial score (nSPS) is 13.3. The van der Waals surface area contributed by atoms with E-state index in [1.807, 2.05) is 65.0 Å². The SMILES string of the molecule is CC(C)(C)Cc1c2c([c-]c3ccccc13)-c1nccc3cc(CC(C)(C)C(F)(F)F)cc(c13)O2.CCC(CC)/C(O)=C/C(=O)C(CC)(CC)CC.[Ir]. The van der Waals surface area contributed by atoms with Crippen LogP contribution in [0.4, 0.5) is 13.2 Å². The molecule has 0 saturated heterocycles. The van der Waals surface area contributed by atoms with Crippen LogP contribution in [0.5, 0.6) is 11.5 Å². The molecule has 4 aromatic rings. The first-order chi connectivity index (χ1) is 23.8. The Labute approximate surface area is 322 Å². The minimum atomic E-state index is -4.30. The van der Waals surface area contributed by atoms with Gasteiger partial charge in [0.25, 0.3) is 0 Å². The number of aliphatic hydroxyl groups is 1. The Morgan fingerprint density at radius 2 is 1.54 bits per heavy atom. The Morgan fingerprint density at radius 1 is 0.923 bits per heavy atom. The molecule has 8 heteroatoms. The van der Waals surface area contributed by atoms with E-state index in [9.17, 15) is 23.1 Å². The van der Waals surface area contributed by atoms with Gasteiger partial charge in [0.15, 0.2) is 5.78 Å². The first-order valence-electron chi connectivity index (χ1n) is 18.4. The topological polar surface area (TPSA) is 59.4 Å². The third kappa shape index (κ3) is 9.10. The van der Waals surface area contributed by atoms with E-state index >= 15 is 0 Å². The summed E-state index contributed by atoms with van der Waals surface area (Å²) in [5.41, 5.74) is 1.10. The molecule has 0 saturated carbocycles. The van der Waals surface area contributed by atoms with Crippen LogP contribution in [0.2, 0.25) is 0 Å². The number of allylic oxidation sites excluding steroid dienone is 2. The second-order valence-corrected chi connectivity index (χ2v) is 15.9. The summed E-state index contributed by atoms with van der Waals surface area (Å²) < 4.78 is 47.3. The number of ketones is 1. The number of carbonyl (C=O) groups is 1. The number of aliphatic hydroxyl groups excluding tert-OH is 1. The average Bonchev–Trinajstić information content (AvgIpc) is 3.06. The minimum Gasteiger partial charge on any atom is -0.512 e. The van der Waals surface area contributed by atoms with Crippen LogP contribution in [0.25, 0.3) is 32.8 Å². The van der Waals surface area contributed by atoms with Crippen molar-refractivity contribution in [1.82, 2.24) is 4.98 Å². The first-order valence-corrected chi connectivity index (χ1v) is 18.4. The number of hydrogen-bond acceptors (Lipinski definition) is 4. The Bertz CT molecular complexity index is 1890. The van der Waals surface area contributed by atoms with Gasteiger partial charge in [0.2, 0.25) is 0 Å². The Hall–Kier alpha value is -3.22. The molecule has 2 heterocycles. The third-order valence-corrected chi connectivity index (χ3v) is 10.7. The predicted molar refractivity (Wildman–Crippen MR) is 203 cm³/mol. The van der Waals surface area contributed by atoms with Gasteiger partial charge in [-0.2, -0.15) is 13.2 Å². The van der Waals surface area contributed by atoms with Crippen molar-refractivity contribution in [2.45, 2.75) is 120 Å². The number of hydrogen-bond donors (Lipinski definition) is 1. The van der Waals surface area contributed by atoms with Crippen molar-refractivity contribution in [2.75, 3.05) is 0 Å². The van der Waals surface area contributed by atoms with Crippen LogP contribution >= 0.6 is 0 Å². The number of nitrogens with zero attached hydrogens (tertiary/aromatic N) is 1. The van der Waals surface area contributed by atoms with Crippen molar-refractivity contribution < 1.29 is 47.9 Å². The number of carbonyl (C=O) groups excluding carboxylic acids is 1. The van der Waals surface area contributed by atoms with Crippen molar-refractivity contribution in [2.24, 2.45) is 22.2 Å². The molecular formula is C44H55F3IrNO3-. The van der Waals surface area contributed by atoms with Gasteiger partial charge >= 0.3 is 6.18 Å². The Morgan fingerprint density at radius 3 is 2.10 bits per heavy atom. The van der Waals surface area contributed by atoms with Crippen LogP contribution < -0.4 is 4.74 Å². The molecule has 4 nitrogen and oxygen atoms in total. The zero-order valence-corrected chi connectivity index (χ0v) is 34.8. The Kier molecular flexibility index (Phi) is 14.0. The fourth-order valence-electron chi connectivity index (χ4n) is 7.12. The van der Waals surface area contributed by atoms with Crippen molar-refractivity contribution in [3.63, 3.8) is 0 Å². The van der Waals surface area contributed by atoms with Gasteiger partial charge in [0, 0.05) is 54.8 Å². The van der Waals surface area contributed by atoms with E-state index < -0.39 is 11.6 Å². The van der Waals surface area contributed by atoms with E-state index in [2.05, 4.69) is 37.9 Å². The molecule has 0 atom stereocenters. The molecule has 0 spiro atoms. The zero-order valence-electron chi connectivity index (χ0n) is 32.4. The number of pyridine rings is 1. The molecule has 1 aromatic heterocycles. The first kappa shape index (κ1) is 43.2. The summed E-state index contributed by atoms with van der Waals surface area (Å²) in [7, 11) is 0. The molecule has 285 valence electrons. The molecule has 0 bridgehead atoms. The number of alkyl halides is 3. The van der Waals surface area contributed by atoms with Crippen LogP contribution in [-0.4, -0.2) is 22.1 Å². The third-order valence-electron chi connectivity index (χ3n) is 10.7. The maximum atomic E-state index is 13.6. The van der Waals surface area contributed by atoms with Crippen molar-refractivity contribution in [3.8, 4) is 22.8 Å². The van der Waals surface area contributed by atoms with Gasteiger partial charge in [-0.05, 0) is 73.4 Å². The van der Waals surface area contributed by atoms with E-state index in [-0.39, 0.29) is 54.8 Å². The number of fused-ring (bicyclic) bond motifs is 3. The molecule has 1 radical (unpaired) electrons. The van der Waals surface area contributed by atoms with E-state index in [1.165, 1.54) is 19.9 Å². The van der Waals surface area contributed by atoms with Crippen LogP contribution in [0.1, 0.15) is 112 Å². The smallest absolute Gasteiger partial charge is 0.394 e.